The number of hydrogen-bond donors (Lipinski definition) is 0. The third-order valence-corrected chi connectivity index (χ3v) is 2.40. The standard InChI is InChI=1S/C13H22N2O2/c1-5-12(10(3)16)14-8-7-9-15-13(6-2)11(4)17/h5-9H2,1-4H3. The average Bonchev–Trinajstić information content (AvgIpc) is 2.27. The maximum Gasteiger partial charge on any atom is 0.173 e. The van der Waals surface area contributed by atoms with Crippen LogP contribution in [0.2, 0.25) is 0 Å². The summed E-state index contributed by atoms with van der Waals surface area (Å²) in [4.78, 5) is 30.6. The Labute approximate surface area is 103 Å². The SMILES string of the molecule is CCC(=NCCCN=C(CC)C(C)=O)C(C)=O. The summed E-state index contributed by atoms with van der Waals surface area (Å²) in [6, 6.07) is 0. The van der Waals surface area contributed by atoms with Crippen LogP contribution in [-0.4, -0.2) is 36.1 Å². The monoisotopic (exact) mass is 238 g/mol. The molecule has 0 aromatic rings. The second kappa shape index (κ2) is 8.79. The molecule has 0 bridgehead atoms. The van der Waals surface area contributed by atoms with E-state index in [0.717, 1.165) is 6.42 Å². The van der Waals surface area contributed by atoms with Crippen LogP contribution in [0.1, 0.15) is 47.0 Å². The Morgan fingerprint density at radius 3 is 1.41 bits per heavy atom. The molecular weight excluding hydrogens is 216 g/mol. The molecule has 0 unspecified atom stereocenters. The minimum Gasteiger partial charge on any atom is -0.293 e. The van der Waals surface area contributed by atoms with Crippen LogP contribution >= 0.6 is 0 Å². The highest BCUT2D eigenvalue weighted by Crippen LogP contribution is 1.94. The van der Waals surface area contributed by atoms with Crippen LogP contribution in [0.25, 0.3) is 0 Å². The van der Waals surface area contributed by atoms with Gasteiger partial charge >= 0.3 is 0 Å². The van der Waals surface area contributed by atoms with Crippen LogP contribution in [0.5, 0.6) is 0 Å². The highest BCUT2D eigenvalue weighted by atomic mass is 16.1. The van der Waals surface area contributed by atoms with Gasteiger partial charge in [0.2, 0.25) is 0 Å². The van der Waals surface area contributed by atoms with Crippen molar-refractivity contribution >= 4 is 23.0 Å². The molecule has 0 heterocycles. The number of ketones is 2. The summed E-state index contributed by atoms with van der Waals surface area (Å²) in [5.41, 5.74) is 1.27. The van der Waals surface area contributed by atoms with E-state index >= 15 is 0 Å². The summed E-state index contributed by atoms with van der Waals surface area (Å²) in [7, 11) is 0. The molecular formula is C13H22N2O2. The van der Waals surface area contributed by atoms with E-state index in [0.29, 0.717) is 37.4 Å². The summed E-state index contributed by atoms with van der Waals surface area (Å²) in [5.74, 6) is 0.0722. The molecule has 0 aliphatic heterocycles. The molecule has 0 atom stereocenters. The third-order valence-electron chi connectivity index (χ3n) is 2.40. The molecule has 0 N–H and O–H groups in total. The second-order valence-electron chi connectivity index (χ2n) is 3.83. The van der Waals surface area contributed by atoms with Crippen LogP contribution in [0.3, 0.4) is 0 Å². The second-order valence-corrected chi connectivity index (χ2v) is 3.83. The fourth-order valence-corrected chi connectivity index (χ4v) is 1.44. The van der Waals surface area contributed by atoms with Crippen LogP contribution in [0.15, 0.2) is 9.98 Å². The van der Waals surface area contributed by atoms with Crippen molar-refractivity contribution in [1.82, 2.24) is 0 Å². The lowest BCUT2D eigenvalue weighted by atomic mass is 10.2. The molecule has 4 nitrogen and oxygen atoms in total. The molecule has 0 spiro atoms. The smallest absolute Gasteiger partial charge is 0.173 e. The average molecular weight is 238 g/mol. The number of hydrogen-bond acceptors (Lipinski definition) is 4. The lowest BCUT2D eigenvalue weighted by Crippen LogP contribution is -2.10. The minimum absolute atomic E-state index is 0.0361. The van der Waals surface area contributed by atoms with Gasteiger partial charge in [0, 0.05) is 26.9 Å². The van der Waals surface area contributed by atoms with Gasteiger partial charge in [-0.2, -0.15) is 0 Å². The van der Waals surface area contributed by atoms with E-state index in [1.807, 2.05) is 13.8 Å². The maximum atomic E-state index is 11.1. The summed E-state index contributed by atoms with van der Waals surface area (Å²) >= 11 is 0. The van der Waals surface area contributed by atoms with Crippen molar-refractivity contribution in [2.24, 2.45) is 9.98 Å². The molecule has 96 valence electrons. The third kappa shape index (κ3) is 6.76. The number of aliphatic imine (C=N–C) groups is 2. The largest absolute Gasteiger partial charge is 0.293 e. The summed E-state index contributed by atoms with van der Waals surface area (Å²) in [6.07, 6.45) is 2.12. The highest BCUT2D eigenvalue weighted by molar-refractivity contribution is 6.39. The zero-order chi connectivity index (χ0) is 13.3. The number of Topliss-reactive ketones (excluding diaryl/α,β-unsaturated/α-hetero) is 2. The van der Waals surface area contributed by atoms with E-state index < -0.39 is 0 Å². The first-order valence-electron chi connectivity index (χ1n) is 6.11. The van der Waals surface area contributed by atoms with Gasteiger partial charge in [-0.1, -0.05) is 13.8 Å². The Morgan fingerprint density at radius 1 is 0.824 bits per heavy atom. The fraction of sp³-hybridized carbons (Fsp3) is 0.692. The molecule has 0 aromatic carbocycles. The number of carbonyl (C=O) groups excluding carboxylic acids is 2. The van der Waals surface area contributed by atoms with E-state index in [1.54, 1.807) is 0 Å². The zero-order valence-corrected chi connectivity index (χ0v) is 11.2. The molecule has 0 aliphatic carbocycles. The lowest BCUT2D eigenvalue weighted by Gasteiger charge is -2.00. The Morgan fingerprint density at radius 2 is 1.18 bits per heavy atom. The van der Waals surface area contributed by atoms with E-state index in [9.17, 15) is 9.59 Å². The van der Waals surface area contributed by atoms with Crippen LogP contribution < -0.4 is 0 Å². The summed E-state index contributed by atoms with van der Waals surface area (Å²) in [6.45, 7) is 8.10. The van der Waals surface area contributed by atoms with E-state index in [1.165, 1.54) is 13.8 Å². The molecule has 17 heavy (non-hydrogen) atoms. The Hall–Kier alpha value is -1.32. The van der Waals surface area contributed by atoms with E-state index in [4.69, 9.17) is 0 Å². The first kappa shape index (κ1) is 15.7. The van der Waals surface area contributed by atoms with Crippen molar-refractivity contribution < 1.29 is 9.59 Å². The van der Waals surface area contributed by atoms with Crippen LogP contribution in [0, 0.1) is 0 Å². The molecule has 0 rings (SSSR count). The fourth-order valence-electron chi connectivity index (χ4n) is 1.44. The lowest BCUT2D eigenvalue weighted by molar-refractivity contribution is -0.112. The summed E-state index contributed by atoms with van der Waals surface area (Å²) < 4.78 is 0. The first-order chi connectivity index (χ1) is 8.02. The highest BCUT2D eigenvalue weighted by Gasteiger charge is 2.02. The van der Waals surface area contributed by atoms with Gasteiger partial charge in [-0.05, 0) is 19.3 Å². The van der Waals surface area contributed by atoms with Crippen molar-refractivity contribution in [2.75, 3.05) is 13.1 Å². The molecule has 0 saturated heterocycles. The van der Waals surface area contributed by atoms with Crippen molar-refractivity contribution in [2.45, 2.75) is 47.0 Å². The van der Waals surface area contributed by atoms with Crippen molar-refractivity contribution in [1.29, 1.82) is 0 Å². The van der Waals surface area contributed by atoms with Gasteiger partial charge in [0.1, 0.15) is 0 Å². The van der Waals surface area contributed by atoms with Crippen molar-refractivity contribution in [3.8, 4) is 0 Å². The molecule has 0 aliphatic rings. The topological polar surface area (TPSA) is 58.9 Å². The molecule has 4 heteroatoms. The zero-order valence-electron chi connectivity index (χ0n) is 11.2. The van der Waals surface area contributed by atoms with Gasteiger partial charge < -0.3 is 0 Å². The molecule has 0 saturated carbocycles. The predicted molar refractivity (Wildman–Crippen MR) is 71.2 cm³/mol. The molecule has 0 fully saturated rings. The van der Waals surface area contributed by atoms with Gasteiger partial charge in [0.15, 0.2) is 11.6 Å². The maximum absolute atomic E-state index is 11.1. The minimum atomic E-state index is 0.0361. The molecule has 0 radical (unpaired) electrons. The first-order valence-corrected chi connectivity index (χ1v) is 6.11. The van der Waals surface area contributed by atoms with Gasteiger partial charge in [-0.25, -0.2) is 0 Å². The van der Waals surface area contributed by atoms with Crippen molar-refractivity contribution in [3.05, 3.63) is 0 Å². The normalized spacial score (nSPS) is 12.7. The van der Waals surface area contributed by atoms with Crippen LogP contribution in [0.4, 0.5) is 0 Å². The predicted octanol–water partition coefficient (Wildman–Crippen LogP) is 2.26. The number of nitrogens with zero attached hydrogens (tertiary/aromatic N) is 2. The van der Waals surface area contributed by atoms with Crippen molar-refractivity contribution in [3.63, 3.8) is 0 Å². The van der Waals surface area contributed by atoms with Gasteiger partial charge in [-0.3, -0.25) is 19.6 Å². The Kier molecular flexibility index (Phi) is 8.11. The van der Waals surface area contributed by atoms with Gasteiger partial charge in [-0.15, -0.1) is 0 Å². The van der Waals surface area contributed by atoms with Gasteiger partial charge in [0.25, 0.3) is 0 Å². The Balaban J connectivity index is 4.08. The molecule has 0 amide bonds. The number of carbonyl (C=O) groups is 2. The molecule has 0 aromatic heterocycles. The van der Waals surface area contributed by atoms with Crippen LogP contribution in [-0.2, 0) is 9.59 Å². The Bertz CT molecular complexity index is 298. The van der Waals surface area contributed by atoms with Gasteiger partial charge in [0.05, 0.1) is 11.4 Å². The number of rotatable bonds is 8. The van der Waals surface area contributed by atoms with E-state index in [2.05, 4.69) is 9.98 Å². The van der Waals surface area contributed by atoms with E-state index in [-0.39, 0.29) is 11.6 Å². The summed E-state index contributed by atoms with van der Waals surface area (Å²) in [5, 5.41) is 0. The quantitative estimate of drug-likeness (QED) is 0.481.